The van der Waals surface area contributed by atoms with Crippen LogP contribution >= 0.6 is 11.3 Å². The van der Waals surface area contributed by atoms with Crippen LogP contribution in [0.3, 0.4) is 0 Å². The Morgan fingerprint density at radius 2 is 1.92 bits per heavy atom. The molecule has 0 bridgehead atoms. The van der Waals surface area contributed by atoms with Crippen LogP contribution in [0.2, 0.25) is 0 Å². The van der Waals surface area contributed by atoms with Crippen LogP contribution in [0.5, 0.6) is 0 Å². The molecule has 1 aromatic heterocycles. The van der Waals surface area contributed by atoms with Gasteiger partial charge < -0.3 is 10.6 Å². The van der Waals surface area contributed by atoms with E-state index in [2.05, 4.69) is 46.8 Å². The van der Waals surface area contributed by atoms with E-state index in [1.807, 2.05) is 5.38 Å². The molecule has 0 unspecified atom stereocenters. The fourth-order valence-corrected chi connectivity index (χ4v) is 4.19. The van der Waals surface area contributed by atoms with Crippen LogP contribution in [-0.2, 0) is 16.0 Å². The molecule has 2 aromatic rings. The van der Waals surface area contributed by atoms with Gasteiger partial charge in [-0.3, -0.25) is 9.59 Å². The van der Waals surface area contributed by atoms with Crippen molar-refractivity contribution in [3.63, 3.8) is 0 Å². The quantitative estimate of drug-likeness (QED) is 0.806. The van der Waals surface area contributed by atoms with Crippen molar-refractivity contribution in [1.82, 2.24) is 10.3 Å². The normalized spacial score (nSPS) is 15.6. The van der Waals surface area contributed by atoms with Crippen LogP contribution in [0.1, 0.15) is 45.1 Å². The molecule has 1 fully saturated rings. The van der Waals surface area contributed by atoms with E-state index in [0.717, 1.165) is 43.4 Å². The zero-order valence-electron chi connectivity index (χ0n) is 15.2. The molecule has 0 spiro atoms. The van der Waals surface area contributed by atoms with Gasteiger partial charge in [0.1, 0.15) is 6.04 Å². The Labute approximate surface area is 158 Å². The Bertz CT molecular complexity index is 764. The van der Waals surface area contributed by atoms with Crippen LogP contribution in [0.4, 0.5) is 5.13 Å². The minimum Gasteiger partial charge on any atom is -0.344 e. The minimum absolute atomic E-state index is 0.172. The molecule has 1 atom stereocenters. The number of anilines is 1. The first-order valence-corrected chi connectivity index (χ1v) is 10.1. The van der Waals surface area contributed by atoms with Crippen LogP contribution in [0, 0.1) is 5.92 Å². The molecule has 1 saturated carbocycles. The molecule has 138 valence electrons. The highest BCUT2D eigenvalue weighted by molar-refractivity contribution is 7.14. The number of benzene rings is 1. The maximum atomic E-state index is 12.7. The average molecular weight is 372 g/mol. The van der Waals surface area contributed by atoms with E-state index in [0.29, 0.717) is 5.13 Å². The van der Waals surface area contributed by atoms with Gasteiger partial charge in [-0.2, -0.15) is 0 Å². The summed E-state index contributed by atoms with van der Waals surface area (Å²) < 4.78 is 0. The van der Waals surface area contributed by atoms with Gasteiger partial charge in [0.2, 0.25) is 11.8 Å². The number of hydrogen-bond donors (Lipinski definition) is 2. The van der Waals surface area contributed by atoms with Crippen molar-refractivity contribution in [2.24, 2.45) is 5.92 Å². The van der Waals surface area contributed by atoms with Crippen LogP contribution in [0.15, 0.2) is 29.6 Å². The molecule has 1 heterocycles. The highest BCUT2D eigenvalue weighted by atomic mass is 32.1. The van der Waals surface area contributed by atoms with Gasteiger partial charge in [-0.15, -0.1) is 11.3 Å². The van der Waals surface area contributed by atoms with Gasteiger partial charge in [-0.25, -0.2) is 4.98 Å². The summed E-state index contributed by atoms with van der Waals surface area (Å²) in [4.78, 5) is 28.7. The van der Waals surface area contributed by atoms with E-state index in [-0.39, 0.29) is 17.7 Å². The monoisotopic (exact) mass is 371 g/mol. The summed E-state index contributed by atoms with van der Waals surface area (Å²) in [6, 6.07) is 7.82. The maximum Gasteiger partial charge on any atom is 0.249 e. The molecule has 1 aromatic carbocycles. The minimum atomic E-state index is -0.480. The highest BCUT2D eigenvalue weighted by Crippen LogP contribution is 2.29. The Hall–Kier alpha value is -2.21. The van der Waals surface area contributed by atoms with Crippen molar-refractivity contribution in [3.8, 4) is 11.3 Å². The summed E-state index contributed by atoms with van der Waals surface area (Å²) in [7, 11) is 0. The molecular formula is C20H25N3O2S. The van der Waals surface area contributed by atoms with Gasteiger partial charge in [0.05, 0.1) is 5.69 Å². The zero-order chi connectivity index (χ0) is 18.5. The van der Waals surface area contributed by atoms with Crippen molar-refractivity contribution in [2.75, 3.05) is 5.32 Å². The topological polar surface area (TPSA) is 71.1 Å². The fourth-order valence-electron chi connectivity index (χ4n) is 3.47. The molecule has 6 heteroatoms. The van der Waals surface area contributed by atoms with E-state index in [4.69, 9.17) is 0 Å². The third-order valence-corrected chi connectivity index (χ3v) is 5.66. The molecule has 0 saturated heterocycles. The van der Waals surface area contributed by atoms with Gasteiger partial charge >= 0.3 is 0 Å². The lowest BCUT2D eigenvalue weighted by molar-refractivity contribution is -0.126. The van der Waals surface area contributed by atoms with Gasteiger partial charge in [0, 0.05) is 17.9 Å². The van der Waals surface area contributed by atoms with Crippen molar-refractivity contribution in [3.05, 3.63) is 35.2 Å². The molecule has 2 amide bonds. The van der Waals surface area contributed by atoms with Crippen LogP contribution in [-0.4, -0.2) is 22.8 Å². The Morgan fingerprint density at radius 1 is 1.23 bits per heavy atom. The summed E-state index contributed by atoms with van der Waals surface area (Å²) in [5, 5.41) is 8.22. The van der Waals surface area contributed by atoms with Gasteiger partial charge in [-0.05, 0) is 30.7 Å². The van der Waals surface area contributed by atoms with Crippen molar-refractivity contribution in [2.45, 2.75) is 52.0 Å². The molecular weight excluding hydrogens is 346 g/mol. The number of nitrogens with one attached hydrogen (secondary N) is 2. The maximum absolute atomic E-state index is 12.7. The number of rotatable bonds is 6. The van der Waals surface area contributed by atoms with E-state index in [1.165, 1.54) is 23.8 Å². The second kappa shape index (κ2) is 8.45. The van der Waals surface area contributed by atoms with Crippen molar-refractivity contribution >= 4 is 28.3 Å². The van der Waals surface area contributed by atoms with E-state index < -0.39 is 6.04 Å². The standard InChI is InChI=1S/C20H25N3O2S/c1-3-14-8-10-15(11-9-14)17-12-26-20(22-17)23-19(25)18(21-13(2)24)16-6-4-5-7-16/h8-12,16,18H,3-7H2,1-2H3,(H,21,24)(H,22,23,25)/t18-/m0/s1. The molecule has 26 heavy (non-hydrogen) atoms. The van der Waals surface area contributed by atoms with Crippen LogP contribution < -0.4 is 10.6 Å². The van der Waals surface area contributed by atoms with Crippen molar-refractivity contribution < 1.29 is 9.59 Å². The highest BCUT2D eigenvalue weighted by Gasteiger charge is 2.31. The summed E-state index contributed by atoms with van der Waals surface area (Å²) in [6.45, 7) is 3.58. The average Bonchev–Trinajstić information content (AvgIpc) is 3.31. The largest absolute Gasteiger partial charge is 0.344 e. The first-order chi connectivity index (χ1) is 12.6. The molecule has 1 aliphatic carbocycles. The third kappa shape index (κ3) is 4.49. The lowest BCUT2D eigenvalue weighted by Gasteiger charge is -2.22. The molecule has 1 aliphatic rings. The Morgan fingerprint density at radius 3 is 2.54 bits per heavy atom. The van der Waals surface area contributed by atoms with Gasteiger partial charge in [0.25, 0.3) is 0 Å². The Balaban J connectivity index is 1.69. The molecule has 5 nitrogen and oxygen atoms in total. The lowest BCUT2D eigenvalue weighted by Crippen LogP contribution is -2.47. The number of carbonyl (C=O) groups is 2. The number of nitrogens with zero attached hydrogens (tertiary/aromatic N) is 1. The number of aryl methyl sites for hydroxylation is 1. The molecule has 0 aliphatic heterocycles. The summed E-state index contributed by atoms with van der Waals surface area (Å²) in [5.41, 5.74) is 3.17. The lowest BCUT2D eigenvalue weighted by atomic mass is 9.97. The fraction of sp³-hybridized carbons (Fsp3) is 0.450. The number of hydrogen-bond acceptors (Lipinski definition) is 4. The van der Waals surface area contributed by atoms with Crippen molar-refractivity contribution in [1.29, 1.82) is 0 Å². The predicted octanol–water partition coefficient (Wildman–Crippen LogP) is 4.01. The molecule has 3 rings (SSSR count). The number of aromatic nitrogens is 1. The molecule has 2 N–H and O–H groups in total. The van der Waals surface area contributed by atoms with Gasteiger partial charge in [0.15, 0.2) is 5.13 Å². The third-order valence-electron chi connectivity index (χ3n) is 4.90. The first kappa shape index (κ1) is 18.6. The number of carbonyl (C=O) groups excluding carboxylic acids is 2. The predicted molar refractivity (Wildman–Crippen MR) is 105 cm³/mol. The van der Waals surface area contributed by atoms with E-state index in [9.17, 15) is 9.59 Å². The SMILES string of the molecule is CCc1ccc(-c2csc(NC(=O)[C@@H](NC(C)=O)C3CCCC3)n2)cc1. The van der Waals surface area contributed by atoms with E-state index >= 15 is 0 Å². The molecule has 0 radical (unpaired) electrons. The second-order valence-electron chi connectivity index (χ2n) is 6.80. The second-order valence-corrected chi connectivity index (χ2v) is 7.66. The van der Waals surface area contributed by atoms with Crippen LogP contribution in [0.25, 0.3) is 11.3 Å². The van der Waals surface area contributed by atoms with E-state index in [1.54, 1.807) is 0 Å². The number of thiazole rings is 1. The zero-order valence-corrected chi connectivity index (χ0v) is 16.1. The summed E-state index contributed by atoms with van der Waals surface area (Å²) in [5.74, 6) is -0.137. The van der Waals surface area contributed by atoms with Gasteiger partial charge in [-0.1, -0.05) is 44.0 Å². The first-order valence-electron chi connectivity index (χ1n) is 9.19. The smallest absolute Gasteiger partial charge is 0.249 e. The summed E-state index contributed by atoms with van der Waals surface area (Å²) >= 11 is 1.41. The number of amides is 2. The summed E-state index contributed by atoms with van der Waals surface area (Å²) in [6.07, 6.45) is 5.19. The Kier molecular flexibility index (Phi) is 6.04.